The summed E-state index contributed by atoms with van der Waals surface area (Å²) >= 11 is -3.65. The minimum atomic E-state index is -3.65. The van der Waals surface area contributed by atoms with Gasteiger partial charge in [0, 0.05) is 0 Å². The quantitative estimate of drug-likeness (QED) is 0.181. The zero-order chi connectivity index (χ0) is 29.3. The Morgan fingerprint density at radius 3 is 1.93 bits per heavy atom. The molecule has 2 atom stereocenters. The molecule has 43 heavy (non-hydrogen) atoms. The van der Waals surface area contributed by atoms with Crippen LogP contribution in [0, 0.1) is 26.7 Å². The molecule has 0 heterocycles. The number of aryl methyl sites for hydroxylation is 3. The van der Waals surface area contributed by atoms with E-state index >= 15 is 0 Å². The van der Waals surface area contributed by atoms with Crippen molar-refractivity contribution in [3.05, 3.63) is 129 Å². The Hall–Kier alpha value is -1.96. The van der Waals surface area contributed by atoms with Crippen LogP contribution in [0.3, 0.4) is 0 Å². The second kappa shape index (κ2) is 12.1. The van der Waals surface area contributed by atoms with Gasteiger partial charge < -0.3 is 0 Å². The summed E-state index contributed by atoms with van der Waals surface area (Å²) < 4.78 is 6.58. The number of rotatable bonds is 5. The van der Waals surface area contributed by atoms with Crippen LogP contribution >= 0.6 is 24.8 Å². The molecule has 0 aromatic heterocycles. The van der Waals surface area contributed by atoms with Crippen LogP contribution in [0.25, 0.3) is 34.4 Å². The van der Waals surface area contributed by atoms with Crippen molar-refractivity contribution in [2.24, 2.45) is 5.92 Å². The van der Waals surface area contributed by atoms with Gasteiger partial charge in [-0.1, -0.05) is 0 Å². The van der Waals surface area contributed by atoms with E-state index in [9.17, 15) is 0 Å². The molecular formula is C39H46Cl2SiZr. The van der Waals surface area contributed by atoms with Gasteiger partial charge in [0.1, 0.15) is 0 Å². The summed E-state index contributed by atoms with van der Waals surface area (Å²) in [7, 11) is 0. The van der Waals surface area contributed by atoms with Gasteiger partial charge in [0.2, 0.25) is 0 Å². The fraction of sp³-hybridized carbons (Fsp3) is 0.282. The standard InChI is InChI=1S/C19H19.C18H17.2CH3.2ClH.H2Si.Zr/c1-12-9-18-14(3)6-8-17(19(18)10-12)16-7-5-13(2)15(4)11-16;1-13(2)16-11-15-9-6-10-17(18(15)12-16)14-7-4-3-5-8-14;;;;;;/h5-11H,1-4H3;3-13H,1-2H3;2*1H3;2*1H;1H2;. The largest absolute Gasteiger partial charge is 0.147 e. The molecule has 0 bridgehead atoms. The van der Waals surface area contributed by atoms with Crippen molar-refractivity contribution in [2.75, 3.05) is 0 Å². The van der Waals surface area contributed by atoms with Crippen LogP contribution in [0.1, 0.15) is 67.0 Å². The zero-order valence-electron chi connectivity index (χ0n) is 26.9. The molecule has 2 unspecified atom stereocenters. The fourth-order valence-corrected chi connectivity index (χ4v) is 28.9. The van der Waals surface area contributed by atoms with Crippen molar-refractivity contribution in [3.63, 3.8) is 0 Å². The predicted molar refractivity (Wildman–Crippen MR) is 195 cm³/mol. The van der Waals surface area contributed by atoms with E-state index < -0.39 is 17.4 Å². The Labute approximate surface area is 274 Å². The minimum absolute atomic E-state index is 0. The van der Waals surface area contributed by atoms with Gasteiger partial charge in [-0.15, -0.1) is 24.8 Å². The molecule has 0 N–H and O–H groups in total. The first kappa shape index (κ1) is 33.9. The molecule has 4 aromatic carbocycles. The van der Waals surface area contributed by atoms with Crippen LogP contribution in [0.4, 0.5) is 0 Å². The zero-order valence-corrected chi connectivity index (χ0v) is 32.4. The Morgan fingerprint density at radius 2 is 1.28 bits per heavy atom. The van der Waals surface area contributed by atoms with Crippen LogP contribution < -0.4 is 0 Å². The third-order valence-corrected chi connectivity index (χ3v) is 27.7. The van der Waals surface area contributed by atoms with Crippen LogP contribution in [-0.4, -0.2) is 6.88 Å². The number of benzene rings is 4. The second-order valence-corrected chi connectivity index (χ2v) is 44.7. The second-order valence-electron chi connectivity index (χ2n) is 14.2. The first-order valence-corrected chi connectivity index (χ1v) is 28.9. The SMILES string of the molecule is CC1=Cc2c(-c3ccc(C)c(C)c3)ccc(C)c2[CH]1[Zr]([CH3])([CH3])(=[SiH2])[CH]1C(C(C)C)=Cc2c(-c3ccccc3)cccc21.Cl.Cl. The Balaban J connectivity index is 0.00000212. The summed E-state index contributed by atoms with van der Waals surface area (Å²) in [6.07, 6.45) is 5.15. The van der Waals surface area contributed by atoms with Gasteiger partial charge >= 0.3 is 252 Å². The van der Waals surface area contributed by atoms with E-state index in [1.54, 1.807) is 22.3 Å². The molecule has 0 nitrogen and oxygen atoms in total. The smallest absolute Gasteiger partial charge is 0.147 e. The minimum Gasteiger partial charge on any atom is -0.147 e. The molecule has 4 aromatic rings. The maximum atomic E-state index is 2.77. The van der Waals surface area contributed by atoms with E-state index in [-0.39, 0.29) is 24.8 Å². The van der Waals surface area contributed by atoms with E-state index in [2.05, 4.69) is 149 Å². The maximum Gasteiger partial charge on any atom is -0.147 e. The van der Waals surface area contributed by atoms with Gasteiger partial charge in [-0.05, 0) is 0 Å². The van der Waals surface area contributed by atoms with Crippen molar-refractivity contribution in [1.29, 1.82) is 0 Å². The Kier molecular flexibility index (Phi) is 9.54. The number of halogens is 2. The predicted octanol–water partition coefficient (Wildman–Crippen LogP) is 11.4. The van der Waals surface area contributed by atoms with Crippen molar-refractivity contribution >= 4 is 43.8 Å². The average molecular weight is 705 g/mol. The van der Waals surface area contributed by atoms with Crippen LogP contribution in [0.5, 0.6) is 0 Å². The molecule has 2 aliphatic carbocycles. The van der Waals surface area contributed by atoms with Gasteiger partial charge in [-0.2, -0.15) is 0 Å². The summed E-state index contributed by atoms with van der Waals surface area (Å²) in [4.78, 5) is 0. The summed E-state index contributed by atoms with van der Waals surface area (Å²) in [5.41, 5.74) is 18.9. The Bertz CT molecular complexity index is 1840. The first-order chi connectivity index (χ1) is 19.4. The summed E-state index contributed by atoms with van der Waals surface area (Å²) in [5.74, 6) is 0.515. The van der Waals surface area contributed by atoms with Crippen LogP contribution in [0.15, 0.2) is 90.0 Å². The fourth-order valence-electron chi connectivity index (χ4n) is 8.22. The van der Waals surface area contributed by atoms with Crippen molar-refractivity contribution in [2.45, 2.75) is 58.1 Å². The third-order valence-electron chi connectivity index (χ3n) is 10.2. The van der Waals surface area contributed by atoms with Gasteiger partial charge in [-0.3, -0.25) is 0 Å². The van der Waals surface area contributed by atoms with Crippen molar-refractivity contribution in [3.8, 4) is 22.3 Å². The van der Waals surface area contributed by atoms with Gasteiger partial charge in [0.15, 0.2) is 0 Å². The molecule has 0 aliphatic heterocycles. The van der Waals surface area contributed by atoms with E-state index in [1.165, 1.54) is 50.1 Å². The van der Waals surface area contributed by atoms with E-state index in [1.807, 2.05) is 0 Å². The van der Waals surface area contributed by atoms with E-state index in [4.69, 9.17) is 0 Å². The maximum absolute atomic E-state index is 3.65. The summed E-state index contributed by atoms with van der Waals surface area (Å²) in [5, 5.41) is 0. The average Bonchev–Trinajstić information content (AvgIpc) is 3.51. The normalized spacial score (nSPS) is 17.4. The van der Waals surface area contributed by atoms with Gasteiger partial charge in [-0.25, -0.2) is 0 Å². The van der Waals surface area contributed by atoms with E-state index in [0.29, 0.717) is 13.2 Å². The van der Waals surface area contributed by atoms with Crippen molar-refractivity contribution in [1.82, 2.24) is 0 Å². The molecule has 0 radical (unpaired) electrons. The number of hydrogen-bond acceptors (Lipinski definition) is 0. The van der Waals surface area contributed by atoms with Crippen LogP contribution in [0.2, 0.25) is 9.26 Å². The van der Waals surface area contributed by atoms with Gasteiger partial charge in [0.25, 0.3) is 0 Å². The summed E-state index contributed by atoms with van der Waals surface area (Å²) in [6, 6.07) is 29.8. The molecular weight excluding hydrogens is 659 g/mol. The topological polar surface area (TPSA) is 0 Å². The third kappa shape index (κ3) is 5.56. The molecule has 224 valence electrons. The molecule has 0 saturated heterocycles. The first-order valence-electron chi connectivity index (χ1n) is 15.2. The molecule has 6 rings (SSSR count). The number of hydrogen-bond donors (Lipinski definition) is 0. The Morgan fingerprint density at radius 1 is 0.628 bits per heavy atom. The van der Waals surface area contributed by atoms with E-state index in [0.717, 1.165) is 0 Å². The molecule has 2 aliphatic rings. The van der Waals surface area contributed by atoms with Crippen molar-refractivity contribution < 1.29 is 17.4 Å². The summed E-state index contributed by atoms with van der Waals surface area (Å²) in [6.45, 7) is 16.5. The number of allylic oxidation sites excluding steroid dienone is 2. The molecule has 0 saturated carbocycles. The number of fused-ring (bicyclic) bond motifs is 2. The van der Waals surface area contributed by atoms with Crippen LogP contribution in [-0.2, 0) is 17.4 Å². The molecule has 0 spiro atoms. The molecule has 4 heteroatoms. The van der Waals surface area contributed by atoms with Gasteiger partial charge in [0.05, 0.1) is 0 Å². The monoisotopic (exact) mass is 702 g/mol. The molecule has 0 fully saturated rings. The molecule has 0 amide bonds.